The van der Waals surface area contributed by atoms with Gasteiger partial charge in [0.05, 0.1) is 12.1 Å². The van der Waals surface area contributed by atoms with Crippen molar-refractivity contribution in [3.05, 3.63) is 0 Å². The summed E-state index contributed by atoms with van der Waals surface area (Å²) in [6.45, 7) is 3.98. The van der Waals surface area contributed by atoms with Gasteiger partial charge in [0.25, 0.3) is 0 Å². The molecule has 17 heavy (non-hydrogen) atoms. The van der Waals surface area contributed by atoms with Crippen LogP contribution >= 0.6 is 0 Å². The first-order valence-corrected chi connectivity index (χ1v) is 5.16. The molecule has 1 aliphatic heterocycles. The number of nitrogens with zero attached hydrogens (tertiary/aromatic N) is 2. The van der Waals surface area contributed by atoms with Gasteiger partial charge in [-0.15, -0.1) is 0 Å². The Kier molecular flexibility index (Phi) is 6.08. The van der Waals surface area contributed by atoms with Crippen LogP contribution in [-0.2, 0) is 0 Å². The van der Waals surface area contributed by atoms with E-state index in [0.29, 0.717) is 12.3 Å². The molecule has 0 fully saturated rings. The van der Waals surface area contributed by atoms with E-state index in [0.717, 1.165) is 6.42 Å². The third-order valence-electron chi connectivity index (χ3n) is 2.53. The fraction of sp³-hybridized carbons (Fsp3) is 0.800. The van der Waals surface area contributed by atoms with Crippen molar-refractivity contribution in [2.75, 3.05) is 0 Å². The van der Waals surface area contributed by atoms with Crippen molar-refractivity contribution in [3.63, 3.8) is 0 Å². The van der Waals surface area contributed by atoms with Crippen LogP contribution in [0.3, 0.4) is 0 Å². The maximum atomic E-state index is 12.4. The Morgan fingerprint density at radius 1 is 1.47 bits per heavy atom. The SMILES string of the molecule is CC(C)CCC1NN=C(C(F)(F)F)C1C#N.[LiH]. The van der Waals surface area contributed by atoms with Gasteiger partial charge in [-0.05, 0) is 18.8 Å². The van der Waals surface area contributed by atoms with E-state index in [1.54, 1.807) is 6.07 Å². The molecule has 0 saturated heterocycles. The number of nitrogens with one attached hydrogen (secondary N) is 1. The van der Waals surface area contributed by atoms with Crippen LogP contribution in [0.25, 0.3) is 0 Å². The molecule has 0 aromatic rings. The summed E-state index contributed by atoms with van der Waals surface area (Å²) < 4.78 is 37.3. The molecule has 7 heteroatoms. The van der Waals surface area contributed by atoms with Crippen molar-refractivity contribution in [3.8, 4) is 6.07 Å². The summed E-state index contributed by atoms with van der Waals surface area (Å²) >= 11 is 0. The Morgan fingerprint density at radius 3 is 2.47 bits per heavy atom. The normalized spacial score (nSPS) is 23.7. The van der Waals surface area contributed by atoms with Crippen molar-refractivity contribution in [2.45, 2.75) is 38.9 Å². The second kappa shape index (κ2) is 6.33. The summed E-state index contributed by atoms with van der Waals surface area (Å²) in [7, 11) is 0. The minimum atomic E-state index is -4.51. The first-order valence-electron chi connectivity index (χ1n) is 5.16. The topological polar surface area (TPSA) is 48.2 Å². The van der Waals surface area contributed by atoms with Crippen LogP contribution in [-0.4, -0.2) is 36.8 Å². The van der Waals surface area contributed by atoms with E-state index in [9.17, 15) is 13.2 Å². The van der Waals surface area contributed by atoms with Gasteiger partial charge in [-0.2, -0.15) is 23.5 Å². The number of alkyl halides is 3. The summed E-state index contributed by atoms with van der Waals surface area (Å²) in [5.74, 6) is -0.783. The molecule has 2 atom stereocenters. The van der Waals surface area contributed by atoms with Crippen molar-refractivity contribution in [1.82, 2.24) is 5.43 Å². The molecule has 0 radical (unpaired) electrons. The van der Waals surface area contributed by atoms with Crippen molar-refractivity contribution < 1.29 is 13.2 Å². The van der Waals surface area contributed by atoms with Gasteiger partial charge in [-0.1, -0.05) is 13.8 Å². The van der Waals surface area contributed by atoms with Crippen LogP contribution in [0.2, 0.25) is 0 Å². The summed E-state index contributed by atoms with van der Waals surface area (Å²) in [4.78, 5) is 0. The number of rotatable bonds is 3. The third kappa shape index (κ3) is 4.26. The van der Waals surface area contributed by atoms with Gasteiger partial charge in [0.15, 0.2) is 5.71 Å². The van der Waals surface area contributed by atoms with Gasteiger partial charge in [-0.25, -0.2) is 0 Å². The monoisotopic (exact) mass is 241 g/mol. The van der Waals surface area contributed by atoms with Crippen molar-refractivity contribution in [2.24, 2.45) is 16.9 Å². The average molecular weight is 241 g/mol. The molecule has 0 bridgehead atoms. The molecule has 0 aromatic heterocycles. The van der Waals surface area contributed by atoms with Gasteiger partial charge < -0.3 is 5.43 Å². The van der Waals surface area contributed by atoms with E-state index in [1.165, 1.54) is 0 Å². The van der Waals surface area contributed by atoms with E-state index < -0.39 is 23.8 Å². The standard InChI is InChI=1S/C10H14F3N3.Li.H/c1-6(2)3-4-8-7(5-14)9(16-15-8)10(11,12)13;;/h6-8,15H,3-4H2,1-2H3;;. The van der Waals surface area contributed by atoms with Gasteiger partial charge in [0, 0.05) is 0 Å². The molecule has 1 N–H and O–H groups in total. The van der Waals surface area contributed by atoms with E-state index >= 15 is 0 Å². The molecule has 0 aliphatic carbocycles. The predicted octanol–water partition coefficient (Wildman–Crippen LogP) is 1.80. The molecule has 3 nitrogen and oxygen atoms in total. The van der Waals surface area contributed by atoms with E-state index in [4.69, 9.17) is 5.26 Å². The molecule has 1 heterocycles. The van der Waals surface area contributed by atoms with Gasteiger partial charge >= 0.3 is 25.0 Å². The number of halogens is 3. The zero-order chi connectivity index (χ0) is 12.3. The van der Waals surface area contributed by atoms with Crippen LogP contribution in [0.15, 0.2) is 5.10 Å². The minimum absolute atomic E-state index is 0. The molecule has 1 rings (SSSR count). The number of hydrogen-bond donors (Lipinski definition) is 1. The zero-order valence-electron chi connectivity index (χ0n) is 9.17. The summed E-state index contributed by atoms with van der Waals surface area (Å²) in [6.07, 6.45) is -3.21. The van der Waals surface area contributed by atoms with Crippen LogP contribution in [0.5, 0.6) is 0 Å². The predicted molar refractivity (Wildman–Crippen MR) is 60.7 cm³/mol. The van der Waals surface area contributed by atoms with E-state index in [1.807, 2.05) is 13.8 Å². The van der Waals surface area contributed by atoms with Crippen LogP contribution in [0, 0.1) is 23.2 Å². The third-order valence-corrected chi connectivity index (χ3v) is 2.53. The maximum absolute atomic E-state index is 12.4. The van der Waals surface area contributed by atoms with Gasteiger partial charge in [0.2, 0.25) is 0 Å². The Hall–Kier alpha value is -0.653. The van der Waals surface area contributed by atoms with Crippen LogP contribution in [0.1, 0.15) is 26.7 Å². The molecule has 2 unspecified atom stereocenters. The van der Waals surface area contributed by atoms with E-state index in [2.05, 4.69) is 10.5 Å². The second-order valence-corrected chi connectivity index (χ2v) is 4.31. The molecular formula is C10H15F3LiN3. The summed E-state index contributed by atoms with van der Waals surface area (Å²) in [6, 6.07) is 1.17. The molecule has 0 aromatic carbocycles. The molecule has 1 aliphatic rings. The summed E-state index contributed by atoms with van der Waals surface area (Å²) in [5, 5.41) is 12.0. The fourth-order valence-corrected chi connectivity index (χ4v) is 1.62. The van der Waals surface area contributed by atoms with Gasteiger partial charge in [-0.3, -0.25) is 0 Å². The van der Waals surface area contributed by atoms with Crippen LogP contribution in [0.4, 0.5) is 13.2 Å². The molecule has 92 valence electrons. The quantitative estimate of drug-likeness (QED) is 0.766. The Bertz CT molecular complexity index is 320. The Labute approximate surface area is 111 Å². The Balaban J connectivity index is 0.00000256. The Morgan fingerprint density at radius 2 is 2.06 bits per heavy atom. The second-order valence-electron chi connectivity index (χ2n) is 4.31. The van der Waals surface area contributed by atoms with Crippen LogP contribution < -0.4 is 5.43 Å². The average Bonchev–Trinajstić information content (AvgIpc) is 2.56. The number of hydrogen-bond acceptors (Lipinski definition) is 3. The molecule has 0 saturated carbocycles. The fourth-order valence-electron chi connectivity index (χ4n) is 1.62. The van der Waals surface area contributed by atoms with Crippen molar-refractivity contribution >= 4 is 24.6 Å². The number of nitriles is 1. The van der Waals surface area contributed by atoms with E-state index in [-0.39, 0.29) is 18.9 Å². The summed E-state index contributed by atoms with van der Waals surface area (Å²) in [5.41, 5.74) is 1.42. The first kappa shape index (κ1) is 16.3. The zero-order valence-corrected chi connectivity index (χ0v) is 9.17. The first-order chi connectivity index (χ1) is 7.36. The molecule has 0 spiro atoms. The van der Waals surface area contributed by atoms with Gasteiger partial charge in [0.1, 0.15) is 5.92 Å². The number of hydrazone groups is 1. The molecule has 0 amide bonds. The van der Waals surface area contributed by atoms with Crippen molar-refractivity contribution in [1.29, 1.82) is 5.26 Å². The molecular weight excluding hydrogens is 226 g/mol.